The molecule has 0 aliphatic carbocycles. The van der Waals surface area contributed by atoms with Gasteiger partial charge >= 0.3 is 5.69 Å². The number of aryl methyl sites for hydroxylation is 2. The maximum absolute atomic E-state index is 11.3. The molecule has 0 aromatic heterocycles. The summed E-state index contributed by atoms with van der Waals surface area (Å²) < 4.78 is 6.18. The van der Waals surface area contributed by atoms with Gasteiger partial charge < -0.3 is 4.74 Å². The van der Waals surface area contributed by atoms with Gasteiger partial charge in [0, 0.05) is 12.3 Å². The van der Waals surface area contributed by atoms with Crippen molar-refractivity contribution >= 4 is 39.2 Å². The number of halogens is 1. The van der Waals surface area contributed by atoms with Crippen LogP contribution in [-0.4, -0.2) is 16.1 Å². The molecule has 0 radical (unpaired) electrons. The summed E-state index contributed by atoms with van der Waals surface area (Å²) >= 11 is 3.39. The topological polar surface area (TPSA) is 108 Å². The third-order valence-corrected chi connectivity index (χ3v) is 5.00. The summed E-state index contributed by atoms with van der Waals surface area (Å²) in [5.74, 6) is 0.234. The van der Waals surface area contributed by atoms with Gasteiger partial charge in [0.05, 0.1) is 26.1 Å². The maximum Gasteiger partial charge on any atom is 0.318 e. The molecule has 0 saturated heterocycles. The fourth-order valence-electron chi connectivity index (χ4n) is 2.60. The van der Waals surface area contributed by atoms with E-state index in [1.165, 1.54) is 11.6 Å². The van der Waals surface area contributed by atoms with Crippen molar-refractivity contribution in [2.24, 2.45) is 4.99 Å². The Hall–Kier alpha value is -3.59. The highest BCUT2D eigenvalue weighted by Crippen LogP contribution is 2.37. The monoisotopic (exact) mass is 469 g/mol. The summed E-state index contributed by atoms with van der Waals surface area (Å²) in [4.78, 5) is 25.2. The van der Waals surface area contributed by atoms with Gasteiger partial charge in [0.25, 0.3) is 5.69 Å². The molecule has 3 aromatic carbocycles. The lowest BCUT2D eigenvalue weighted by Crippen LogP contribution is -1.96. The van der Waals surface area contributed by atoms with E-state index >= 15 is 0 Å². The van der Waals surface area contributed by atoms with Crippen molar-refractivity contribution in [2.45, 2.75) is 13.8 Å². The Morgan fingerprint density at radius 3 is 2.27 bits per heavy atom. The van der Waals surface area contributed by atoms with Crippen LogP contribution in [0.25, 0.3) is 0 Å². The van der Waals surface area contributed by atoms with E-state index in [0.29, 0.717) is 10.2 Å². The molecule has 0 saturated carbocycles. The summed E-state index contributed by atoms with van der Waals surface area (Å²) in [6.45, 7) is 4.06. The Labute approximate surface area is 180 Å². The number of ether oxygens (including phenoxy) is 1. The van der Waals surface area contributed by atoms with Crippen molar-refractivity contribution in [3.63, 3.8) is 0 Å². The number of hydrogen-bond donors (Lipinski definition) is 0. The van der Waals surface area contributed by atoms with Crippen LogP contribution >= 0.6 is 15.9 Å². The lowest BCUT2D eigenvalue weighted by Gasteiger charge is -2.09. The predicted octanol–water partition coefficient (Wildman–Crippen LogP) is 6.43. The van der Waals surface area contributed by atoms with Crippen molar-refractivity contribution in [2.75, 3.05) is 0 Å². The average molecular weight is 470 g/mol. The minimum atomic E-state index is -0.721. The SMILES string of the molecule is Cc1ccc(N=Cc2ccc(Oc3ccc([N+](=O)[O-])cc3[N+](=O)[O-])c(Br)c2)cc1C. The smallest absolute Gasteiger partial charge is 0.318 e. The van der Waals surface area contributed by atoms with Gasteiger partial charge in [0.15, 0.2) is 0 Å². The van der Waals surface area contributed by atoms with E-state index in [2.05, 4.69) is 20.9 Å². The summed E-state index contributed by atoms with van der Waals surface area (Å²) in [5.41, 5.74) is 3.10. The first kappa shape index (κ1) is 21.1. The number of aliphatic imine (C=N–C) groups is 1. The van der Waals surface area contributed by atoms with E-state index in [-0.39, 0.29) is 11.4 Å². The number of hydrogen-bond acceptors (Lipinski definition) is 6. The van der Waals surface area contributed by atoms with Crippen LogP contribution in [0.3, 0.4) is 0 Å². The van der Waals surface area contributed by atoms with E-state index in [0.717, 1.165) is 28.9 Å². The zero-order chi connectivity index (χ0) is 21.8. The molecule has 3 rings (SSSR count). The molecule has 0 spiro atoms. The number of rotatable bonds is 6. The van der Waals surface area contributed by atoms with Crippen LogP contribution in [0.15, 0.2) is 64.1 Å². The maximum atomic E-state index is 11.3. The molecule has 0 aliphatic heterocycles. The van der Waals surface area contributed by atoms with Crippen LogP contribution in [0.2, 0.25) is 0 Å². The second kappa shape index (κ2) is 8.83. The van der Waals surface area contributed by atoms with Crippen molar-refractivity contribution in [3.05, 3.63) is 96.0 Å². The largest absolute Gasteiger partial charge is 0.449 e. The first-order valence-corrected chi connectivity index (χ1v) is 9.55. The Bertz CT molecular complexity index is 1180. The van der Waals surface area contributed by atoms with E-state index in [4.69, 9.17) is 4.74 Å². The molecule has 0 bridgehead atoms. The second-order valence-electron chi connectivity index (χ2n) is 6.48. The zero-order valence-corrected chi connectivity index (χ0v) is 17.6. The zero-order valence-electron chi connectivity index (χ0n) is 16.0. The standard InChI is InChI=1S/C21H16BrN3O5/c1-13-3-5-16(9-14(13)2)23-12-15-4-7-20(18(22)10-15)30-21-8-6-17(24(26)27)11-19(21)25(28)29/h3-12H,1-2H3. The summed E-state index contributed by atoms with van der Waals surface area (Å²) in [6.07, 6.45) is 1.70. The molecule has 152 valence electrons. The van der Waals surface area contributed by atoms with E-state index in [9.17, 15) is 20.2 Å². The van der Waals surface area contributed by atoms with Crippen molar-refractivity contribution in [1.29, 1.82) is 0 Å². The van der Waals surface area contributed by atoms with Gasteiger partial charge in [-0.05, 0) is 82.9 Å². The van der Waals surface area contributed by atoms with Gasteiger partial charge in [-0.3, -0.25) is 25.2 Å². The van der Waals surface area contributed by atoms with Gasteiger partial charge in [0.1, 0.15) is 5.75 Å². The Kier molecular flexibility index (Phi) is 6.22. The second-order valence-corrected chi connectivity index (χ2v) is 7.34. The van der Waals surface area contributed by atoms with Crippen LogP contribution in [0.5, 0.6) is 11.5 Å². The molecule has 0 amide bonds. The predicted molar refractivity (Wildman–Crippen MR) is 117 cm³/mol. The normalized spacial score (nSPS) is 10.9. The minimum absolute atomic E-state index is 0.0946. The van der Waals surface area contributed by atoms with E-state index < -0.39 is 15.5 Å². The third kappa shape index (κ3) is 4.87. The highest BCUT2D eigenvalue weighted by molar-refractivity contribution is 9.10. The summed E-state index contributed by atoms with van der Waals surface area (Å²) in [7, 11) is 0. The number of benzene rings is 3. The Balaban J connectivity index is 1.84. The van der Waals surface area contributed by atoms with Crippen LogP contribution in [0.1, 0.15) is 16.7 Å². The minimum Gasteiger partial charge on any atom is -0.449 e. The van der Waals surface area contributed by atoms with Gasteiger partial charge in [-0.1, -0.05) is 6.07 Å². The van der Waals surface area contributed by atoms with Gasteiger partial charge in [-0.2, -0.15) is 0 Å². The molecule has 0 heterocycles. The first-order valence-electron chi connectivity index (χ1n) is 8.76. The van der Waals surface area contributed by atoms with Gasteiger partial charge in [-0.15, -0.1) is 0 Å². The molecular formula is C21H16BrN3O5. The summed E-state index contributed by atoms with van der Waals surface area (Å²) in [6, 6.07) is 14.3. The quantitative estimate of drug-likeness (QED) is 0.235. The lowest BCUT2D eigenvalue weighted by atomic mass is 10.1. The van der Waals surface area contributed by atoms with E-state index in [1.807, 2.05) is 32.0 Å². The molecule has 0 atom stereocenters. The molecule has 8 nitrogen and oxygen atoms in total. The lowest BCUT2D eigenvalue weighted by molar-refractivity contribution is -0.394. The Morgan fingerprint density at radius 1 is 0.900 bits per heavy atom. The molecule has 0 unspecified atom stereocenters. The number of nitro benzene ring substituents is 2. The highest BCUT2D eigenvalue weighted by atomic mass is 79.9. The molecule has 30 heavy (non-hydrogen) atoms. The van der Waals surface area contributed by atoms with Crippen LogP contribution < -0.4 is 4.74 Å². The van der Waals surface area contributed by atoms with Crippen LogP contribution in [-0.2, 0) is 0 Å². The number of nitro groups is 2. The molecule has 0 fully saturated rings. The van der Waals surface area contributed by atoms with Gasteiger partial charge in [0.2, 0.25) is 5.75 Å². The highest BCUT2D eigenvalue weighted by Gasteiger charge is 2.21. The summed E-state index contributed by atoms with van der Waals surface area (Å²) in [5, 5.41) is 22.1. The van der Waals surface area contributed by atoms with Crippen molar-refractivity contribution in [1.82, 2.24) is 0 Å². The fraction of sp³-hybridized carbons (Fsp3) is 0.0952. The molecule has 0 N–H and O–H groups in total. The first-order chi connectivity index (χ1) is 14.2. The molecular weight excluding hydrogens is 454 g/mol. The van der Waals surface area contributed by atoms with Crippen LogP contribution in [0, 0.1) is 34.1 Å². The number of non-ortho nitro benzene ring substituents is 1. The van der Waals surface area contributed by atoms with Gasteiger partial charge in [-0.25, -0.2) is 0 Å². The van der Waals surface area contributed by atoms with Crippen molar-refractivity contribution in [3.8, 4) is 11.5 Å². The van der Waals surface area contributed by atoms with Crippen LogP contribution in [0.4, 0.5) is 17.1 Å². The molecule has 0 aliphatic rings. The van der Waals surface area contributed by atoms with E-state index in [1.54, 1.807) is 24.4 Å². The third-order valence-electron chi connectivity index (χ3n) is 4.38. The molecule has 9 heteroatoms. The number of nitrogens with zero attached hydrogens (tertiary/aromatic N) is 3. The Morgan fingerprint density at radius 2 is 1.63 bits per heavy atom. The average Bonchev–Trinajstić information content (AvgIpc) is 2.70. The van der Waals surface area contributed by atoms with Crippen molar-refractivity contribution < 1.29 is 14.6 Å². The fourth-order valence-corrected chi connectivity index (χ4v) is 3.08. The molecule has 3 aromatic rings.